The van der Waals surface area contributed by atoms with Crippen LogP contribution in [0.2, 0.25) is 0 Å². The molecule has 122 valence electrons. The summed E-state index contributed by atoms with van der Waals surface area (Å²) in [5.74, 6) is 0.922. The van der Waals surface area contributed by atoms with Gasteiger partial charge in [0.2, 0.25) is 5.91 Å². The molecule has 21 heavy (non-hydrogen) atoms. The summed E-state index contributed by atoms with van der Waals surface area (Å²) >= 11 is 0. The van der Waals surface area contributed by atoms with Crippen molar-refractivity contribution in [3.63, 3.8) is 0 Å². The molecule has 4 heteroatoms. The van der Waals surface area contributed by atoms with Gasteiger partial charge in [0.25, 0.3) is 0 Å². The Balaban J connectivity index is 1.77. The summed E-state index contributed by atoms with van der Waals surface area (Å²) < 4.78 is 0. The lowest BCUT2D eigenvalue weighted by atomic mass is 9.79. The first-order chi connectivity index (χ1) is 10.0. The number of aliphatic hydroxyl groups is 1. The Kier molecular flexibility index (Phi) is 6.06. The molecule has 0 aromatic carbocycles. The van der Waals surface area contributed by atoms with E-state index in [-0.39, 0.29) is 11.9 Å². The molecule has 1 aliphatic heterocycles. The van der Waals surface area contributed by atoms with Crippen LogP contribution < -0.4 is 5.32 Å². The summed E-state index contributed by atoms with van der Waals surface area (Å²) in [6.07, 6.45) is 8.62. The van der Waals surface area contributed by atoms with Crippen LogP contribution in [0.3, 0.4) is 0 Å². The molecule has 1 unspecified atom stereocenters. The van der Waals surface area contributed by atoms with Crippen molar-refractivity contribution in [2.75, 3.05) is 19.6 Å². The first-order valence-electron chi connectivity index (χ1n) is 8.75. The van der Waals surface area contributed by atoms with Gasteiger partial charge in [-0.15, -0.1) is 0 Å². The average Bonchev–Trinajstić information content (AvgIpc) is 2.77. The van der Waals surface area contributed by atoms with Crippen molar-refractivity contribution in [2.24, 2.45) is 5.92 Å². The first-order valence-corrected chi connectivity index (χ1v) is 8.75. The third-order valence-corrected chi connectivity index (χ3v) is 5.23. The summed E-state index contributed by atoms with van der Waals surface area (Å²) in [4.78, 5) is 14.5. The smallest absolute Gasteiger partial charge is 0.239 e. The van der Waals surface area contributed by atoms with Gasteiger partial charge in [0, 0.05) is 19.6 Å². The molecule has 1 aliphatic carbocycles. The Morgan fingerprint density at radius 2 is 1.81 bits per heavy atom. The van der Waals surface area contributed by atoms with E-state index >= 15 is 0 Å². The van der Waals surface area contributed by atoms with Gasteiger partial charge in [0.15, 0.2) is 0 Å². The zero-order valence-corrected chi connectivity index (χ0v) is 13.7. The summed E-state index contributed by atoms with van der Waals surface area (Å²) in [7, 11) is 0. The molecule has 0 bridgehead atoms. The molecule has 1 saturated heterocycles. The number of nitrogens with zero attached hydrogens (tertiary/aromatic N) is 1. The molecule has 2 N–H and O–H groups in total. The minimum absolute atomic E-state index is 0.188. The SMILES string of the molecule is CC1CCC(O)(CNC(C)C(=O)N2CCCCCC2)CC1. The van der Waals surface area contributed by atoms with Crippen molar-refractivity contribution in [1.29, 1.82) is 0 Å². The largest absolute Gasteiger partial charge is 0.389 e. The number of likely N-dealkylation sites (tertiary alicyclic amines) is 1. The quantitative estimate of drug-likeness (QED) is 0.837. The molecule has 2 rings (SSSR count). The Hall–Kier alpha value is -0.610. The van der Waals surface area contributed by atoms with Crippen LogP contribution in [-0.2, 0) is 4.79 Å². The number of hydrogen-bond acceptors (Lipinski definition) is 3. The predicted molar refractivity (Wildman–Crippen MR) is 85.1 cm³/mol. The second kappa shape index (κ2) is 7.59. The zero-order chi connectivity index (χ0) is 15.3. The highest BCUT2D eigenvalue weighted by Gasteiger charge is 2.32. The number of rotatable bonds is 4. The average molecular weight is 296 g/mol. The van der Waals surface area contributed by atoms with E-state index in [1.807, 2.05) is 11.8 Å². The molecular formula is C17H32N2O2. The highest BCUT2D eigenvalue weighted by molar-refractivity contribution is 5.81. The molecule has 2 fully saturated rings. The van der Waals surface area contributed by atoms with Gasteiger partial charge in [-0.1, -0.05) is 19.8 Å². The van der Waals surface area contributed by atoms with E-state index in [4.69, 9.17) is 0 Å². The van der Waals surface area contributed by atoms with Crippen LogP contribution in [0.25, 0.3) is 0 Å². The Morgan fingerprint density at radius 1 is 1.24 bits per heavy atom. The van der Waals surface area contributed by atoms with Gasteiger partial charge in [-0.25, -0.2) is 0 Å². The molecular weight excluding hydrogens is 264 g/mol. The van der Waals surface area contributed by atoms with Crippen molar-refractivity contribution in [3.05, 3.63) is 0 Å². The summed E-state index contributed by atoms with van der Waals surface area (Å²) in [6, 6.07) is -0.188. The maximum absolute atomic E-state index is 12.5. The third kappa shape index (κ3) is 4.96. The van der Waals surface area contributed by atoms with Gasteiger partial charge in [-0.05, 0) is 51.4 Å². The maximum Gasteiger partial charge on any atom is 0.239 e. The van der Waals surface area contributed by atoms with Crippen LogP contribution in [-0.4, -0.2) is 47.2 Å². The van der Waals surface area contributed by atoms with Crippen molar-refractivity contribution in [1.82, 2.24) is 10.2 Å². The van der Waals surface area contributed by atoms with Gasteiger partial charge in [0.05, 0.1) is 11.6 Å². The molecule has 0 spiro atoms. The van der Waals surface area contributed by atoms with E-state index in [9.17, 15) is 9.90 Å². The van der Waals surface area contributed by atoms with Crippen LogP contribution in [0, 0.1) is 5.92 Å². The van der Waals surface area contributed by atoms with E-state index in [1.165, 1.54) is 12.8 Å². The number of nitrogens with one attached hydrogen (secondary N) is 1. The van der Waals surface area contributed by atoms with E-state index in [1.54, 1.807) is 0 Å². The molecule has 1 amide bonds. The number of hydrogen-bond donors (Lipinski definition) is 2. The standard InChI is InChI=1S/C17H32N2O2/c1-14-7-9-17(21,10-8-14)13-18-15(2)16(20)19-11-5-3-4-6-12-19/h14-15,18,21H,3-13H2,1-2H3. The van der Waals surface area contributed by atoms with E-state index in [2.05, 4.69) is 12.2 Å². The van der Waals surface area contributed by atoms with E-state index in [0.717, 1.165) is 57.5 Å². The van der Waals surface area contributed by atoms with Crippen LogP contribution in [0.15, 0.2) is 0 Å². The van der Waals surface area contributed by atoms with Gasteiger partial charge in [-0.3, -0.25) is 4.79 Å². The predicted octanol–water partition coefficient (Wildman–Crippen LogP) is 2.31. The Labute approximate surface area is 129 Å². The maximum atomic E-state index is 12.5. The zero-order valence-electron chi connectivity index (χ0n) is 13.7. The second-order valence-electron chi connectivity index (χ2n) is 7.25. The number of amides is 1. The minimum Gasteiger partial charge on any atom is -0.389 e. The molecule has 0 aromatic rings. The van der Waals surface area contributed by atoms with Crippen LogP contribution in [0.4, 0.5) is 0 Å². The normalized spacial score (nSPS) is 32.5. The summed E-state index contributed by atoms with van der Waals surface area (Å²) in [5.41, 5.74) is -0.611. The van der Waals surface area contributed by atoms with Crippen molar-refractivity contribution < 1.29 is 9.90 Å². The lowest BCUT2D eigenvalue weighted by Gasteiger charge is -2.36. The van der Waals surface area contributed by atoms with Crippen molar-refractivity contribution in [3.8, 4) is 0 Å². The highest BCUT2D eigenvalue weighted by Crippen LogP contribution is 2.31. The lowest BCUT2D eigenvalue weighted by molar-refractivity contribution is -0.133. The first kappa shape index (κ1) is 16.8. The molecule has 1 atom stereocenters. The summed E-state index contributed by atoms with van der Waals surface area (Å²) in [6.45, 7) is 6.51. The number of carbonyl (C=O) groups excluding carboxylic acids is 1. The van der Waals surface area contributed by atoms with Crippen LogP contribution in [0.1, 0.15) is 65.2 Å². The molecule has 0 radical (unpaired) electrons. The fourth-order valence-electron chi connectivity index (χ4n) is 3.47. The molecule has 4 nitrogen and oxygen atoms in total. The van der Waals surface area contributed by atoms with Gasteiger partial charge < -0.3 is 15.3 Å². The van der Waals surface area contributed by atoms with E-state index in [0.29, 0.717) is 6.54 Å². The molecule has 1 heterocycles. The van der Waals surface area contributed by atoms with Gasteiger partial charge in [0.1, 0.15) is 0 Å². The van der Waals surface area contributed by atoms with Crippen molar-refractivity contribution >= 4 is 5.91 Å². The second-order valence-corrected chi connectivity index (χ2v) is 7.25. The molecule has 2 aliphatic rings. The molecule has 0 aromatic heterocycles. The fraction of sp³-hybridized carbons (Fsp3) is 0.941. The minimum atomic E-state index is -0.611. The highest BCUT2D eigenvalue weighted by atomic mass is 16.3. The van der Waals surface area contributed by atoms with E-state index < -0.39 is 5.60 Å². The Morgan fingerprint density at radius 3 is 2.38 bits per heavy atom. The lowest BCUT2D eigenvalue weighted by Crippen LogP contribution is -2.51. The van der Waals surface area contributed by atoms with Gasteiger partial charge in [-0.2, -0.15) is 0 Å². The Bertz CT molecular complexity index is 330. The topological polar surface area (TPSA) is 52.6 Å². The fourth-order valence-corrected chi connectivity index (χ4v) is 3.47. The van der Waals surface area contributed by atoms with Crippen LogP contribution >= 0.6 is 0 Å². The van der Waals surface area contributed by atoms with Crippen LogP contribution in [0.5, 0.6) is 0 Å². The van der Waals surface area contributed by atoms with Crippen molar-refractivity contribution in [2.45, 2.75) is 76.9 Å². The van der Waals surface area contributed by atoms with Gasteiger partial charge >= 0.3 is 0 Å². The number of carbonyl (C=O) groups is 1. The summed E-state index contributed by atoms with van der Waals surface area (Å²) in [5, 5.41) is 13.9. The molecule has 1 saturated carbocycles. The monoisotopic (exact) mass is 296 g/mol. The third-order valence-electron chi connectivity index (χ3n) is 5.23.